The fourth-order valence-corrected chi connectivity index (χ4v) is 4.51. The molecule has 2 aliphatic heterocycles. The van der Waals surface area contributed by atoms with Crippen LogP contribution in [0.25, 0.3) is 11.4 Å². The normalized spacial score (nSPS) is 21.1. The molecule has 0 bridgehead atoms. The first-order chi connectivity index (χ1) is 15.7. The molecular formula is C24H23F2N5O2. The average molecular weight is 451 g/mol. The minimum Gasteiger partial charge on any atom is -0.378 e. The first-order valence-corrected chi connectivity index (χ1v) is 10.7. The van der Waals surface area contributed by atoms with Crippen molar-refractivity contribution in [3.8, 4) is 11.4 Å². The van der Waals surface area contributed by atoms with Gasteiger partial charge in [0.25, 0.3) is 5.91 Å². The van der Waals surface area contributed by atoms with Gasteiger partial charge in [0.1, 0.15) is 29.2 Å². The maximum Gasteiger partial charge on any atom is 0.257 e. The number of rotatable bonds is 4. The molecule has 9 heteroatoms. The molecule has 1 saturated heterocycles. The van der Waals surface area contributed by atoms with E-state index in [9.17, 15) is 18.7 Å². The van der Waals surface area contributed by atoms with Crippen molar-refractivity contribution in [1.29, 1.82) is 0 Å². The highest BCUT2D eigenvalue weighted by Crippen LogP contribution is 2.36. The molecule has 33 heavy (non-hydrogen) atoms. The van der Waals surface area contributed by atoms with E-state index < -0.39 is 17.9 Å². The minimum absolute atomic E-state index is 0.0428. The molecule has 3 heterocycles. The summed E-state index contributed by atoms with van der Waals surface area (Å²) >= 11 is 0. The van der Waals surface area contributed by atoms with E-state index in [2.05, 4.69) is 25.9 Å². The molecular weight excluding hydrogens is 428 g/mol. The zero-order chi connectivity index (χ0) is 23.3. The zero-order valence-corrected chi connectivity index (χ0v) is 18.1. The molecule has 0 aliphatic carbocycles. The van der Waals surface area contributed by atoms with Gasteiger partial charge in [0.15, 0.2) is 5.82 Å². The summed E-state index contributed by atoms with van der Waals surface area (Å²) in [5.41, 5.74) is 1.73. The highest BCUT2D eigenvalue weighted by atomic mass is 19.1. The second-order valence-corrected chi connectivity index (χ2v) is 9.03. The molecule has 1 aromatic heterocycles. The fourth-order valence-electron chi connectivity index (χ4n) is 4.51. The molecule has 7 nitrogen and oxygen atoms in total. The number of anilines is 2. The summed E-state index contributed by atoms with van der Waals surface area (Å²) in [5.74, 6) is -1.93. The molecule has 0 spiro atoms. The Morgan fingerprint density at radius 2 is 1.76 bits per heavy atom. The van der Waals surface area contributed by atoms with Gasteiger partial charge in [0.2, 0.25) is 0 Å². The lowest BCUT2D eigenvalue weighted by Crippen LogP contribution is -2.37. The molecule has 2 aromatic carbocycles. The van der Waals surface area contributed by atoms with E-state index in [4.69, 9.17) is 0 Å². The zero-order valence-electron chi connectivity index (χ0n) is 18.1. The number of amides is 1. The van der Waals surface area contributed by atoms with Gasteiger partial charge in [-0.1, -0.05) is 18.2 Å². The van der Waals surface area contributed by atoms with Crippen molar-refractivity contribution >= 4 is 17.4 Å². The van der Waals surface area contributed by atoms with Gasteiger partial charge in [-0.3, -0.25) is 10.1 Å². The first kappa shape index (κ1) is 21.4. The van der Waals surface area contributed by atoms with Gasteiger partial charge >= 0.3 is 0 Å². The standard InChI is InChI=1S/C24H23F2N5O2/c1-24(2)10-14(22(32)31-24)12-6-8-13(9-7-12)28-21-19-17(11-27-23(19)33)29-20(30-21)18-15(25)4-3-5-16(18)26/h3-9,14,22,31-32H,10-11H2,1-2H3,(H,27,33)(H,28,29,30)/t14-,22?/m0/s1. The Hall–Kier alpha value is -3.43. The van der Waals surface area contributed by atoms with Crippen LogP contribution in [0.2, 0.25) is 0 Å². The summed E-state index contributed by atoms with van der Waals surface area (Å²) < 4.78 is 28.7. The highest BCUT2D eigenvalue weighted by molar-refractivity contribution is 6.03. The van der Waals surface area contributed by atoms with Gasteiger partial charge < -0.3 is 15.7 Å². The predicted molar refractivity (Wildman–Crippen MR) is 119 cm³/mol. The van der Waals surface area contributed by atoms with E-state index in [1.54, 1.807) is 0 Å². The van der Waals surface area contributed by atoms with Crippen molar-refractivity contribution in [1.82, 2.24) is 20.6 Å². The number of benzene rings is 2. The molecule has 4 N–H and O–H groups in total. The van der Waals surface area contributed by atoms with Gasteiger partial charge in [-0.15, -0.1) is 0 Å². The molecule has 1 fully saturated rings. The maximum atomic E-state index is 14.4. The molecule has 0 radical (unpaired) electrons. The largest absolute Gasteiger partial charge is 0.378 e. The summed E-state index contributed by atoms with van der Waals surface area (Å²) in [6.45, 7) is 4.24. The molecule has 3 aromatic rings. The summed E-state index contributed by atoms with van der Waals surface area (Å²) in [7, 11) is 0. The molecule has 1 amide bonds. The van der Waals surface area contributed by atoms with Crippen LogP contribution in [0.5, 0.6) is 0 Å². The second-order valence-electron chi connectivity index (χ2n) is 9.03. The number of aliphatic hydroxyl groups excluding tert-OH is 1. The Balaban J connectivity index is 1.49. The number of aliphatic hydroxyl groups is 1. The molecule has 5 rings (SSSR count). The van der Waals surface area contributed by atoms with Gasteiger partial charge in [0.05, 0.1) is 17.8 Å². The number of nitrogens with zero attached hydrogens (tertiary/aromatic N) is 2. The minimum atomic E-state index is -0.783. The van der Waals surface area contributed by atoms with Gasteiger partial charge in [-0.2, -0.15) is 0 Å². The number of carbonyl (C=O) groups excluding carboxylic acids is 1. The van der Waals surface area contributed by atoms with Crippen molar-refractivity contribution in [2.45, 2.75) is 44.5 Å². The van der Waals surface area contributed by atoms with Crippen LogP contribution in [0.15, 0.2) is 42.5 Å². The van der Waals surface area contributed by atoms with E-state index in [1.807, 2.05) is 38.1 Å². The van der Waals surface area contributed by atoms with Crippen molar-refractivity contribution in [3.05, 3.63) is 70.9 Å². The lowest BCUT2D eigenvalue weighted by molar-refractivity contribution is 0.0966. The van der Waals surface area contributed by atoms with Crippen LogP contribution in [0.3, 0.4) is 0 Å². The number of hydrogen-bond donors (Lipinski definition) is 4. The van der Waals surface area contributed by atoms with Crippen LogP contribution in [0.4, 0.5) is 20.3 Å². The van der Waals surface area contributed by atoms with E-state index in [-0.39, 0.29) is 46.7 Å². The quantitative estimate of drug-likeness (QED) is 0.484. The van der Waals surface area contributed by atoms with E-state index in [0.29, 0.717) is 11.4 Å². The van der Waals surface area contributed by atoms with Crippen LogP contribution in [0.1, 0.15) is 47.8 Å². The van der Waals surface area contributed by atoms with Crippen molar-refractivity contribution < 1.29 is 18.7 Å². The van der Waals surface area contributed by atoms with Crippen molar-refractivity contribution in [2.24, 2.45) is 0 Å². The topological polar surface area (TPSA) is 99.2 Å². The van der Waals surface area contributed by atoms with Crippen LogP contribution >= 0.6 is 0 Å². The lowest BCUT2D eigenvalue weighted by Gasteiger charge is -2.17. The number of hydrogen-bond acceptors (Lipinski definition) is 6. The Bertz CT molecular complexity index is 1230. The predicted octanol–water partition coefficient (Wildman–Crippen LogP) is 3.58. The number of fused-ring (bicyclic) bond motifs is 1. The lowest BCUT2D eigenvalue weighted by atomic mass is 9.90. The summed E-state index contributed by atoms with van der Waals surface area (Å²) in [6.07, 6.45) is 0.156. The third kappa shape index (κ3) is 3.94. The van der Waals surface area contributed by atoms with Crippen LogP contribution in [-0.4, -0.2) is 32.7 Å². The van der Waals surface area contributed by atoms with Gasteiger partial charge in [0, 0.05) is 17.1 Å². The van der Waals surface area contributed by atoms with E-state index in [1.165, 1.54) is 6.07 Å². The number of halogens is 2. The summed E-state index contributed by atoms with van der Waals surface area (Å²) in [5, 5.41) is 19.3. The number of carbonyl (C=O) groups is 1. The monoisotopic (exact) mass is 451 g/mol. The van der Waals surface area contributed by atoms with Crippen LogP contribution in [0, 0.1) is 11.6 Å². The Kier molecular flexibility index (Phi) is 5.10. The van der Waals surface area contributed by atoms with Gasteiger partial charge in [-0.25, -0.2) is 18.7 Å². The molecule has 170 valence electrons. The highest BCUT2D eigenvalue weighted by Gasteiger charge is 2.38. The maximum absolute atomic E-state index is 14.4. The molecule has 0 saturated carbocycles. The van der Waals surface area contributed by atoms with Crippen molar-refractivity contribution in [2.75, 3.05) is 5.32 Å². The Morgan fingerprint density at radius 1 is 1.06 bits per heavy atom. The Labute approximate surface area is 189 Å². The van der Waals surface area contributed by atoms with Crippen LogP contribution in [-0.2, 0) is 6.54 Å². The molecule has 2 aliphatic rings. The molecule has 1 unspecified atom stereocenters. The van der Waals surface area contributed by atoms with Crippen LogP contribution < -0.4 is 16.0 Å². The summed E-state index contributed by atoms with van der Waals surface area (Å²) in [6, 6.07) is 11.0. The fraction of sp³-hybridized carbons (Fsp3) is 0.292. The first-order valence-electron chi connectivity index (χ1n) is 10.7. The smallest absolute Gasteiger partial charge is 0.257 e. The van der Waals surface area contributed by atoms with E-state index in [0.717, 1.165) is 24.1 Å². The van der Waals surface area contributed by atoms with Crippen molar-refractivity contribution in [3.63, 3.8) is 0 Å². The van der Waals surface area contributed by atoms with E-state index >= 15 is 0 Å². The second kappa shape index (κ2) is 7.86. The third-order valence-corrected chi connectivity index (χ3v) is 6.07. The van der Waals surface area contributed by atoms with Gasteiger partial charge in [-0.05, 0) is 50.1 Å². The SMILES string of the molecule is CC1(C)C[C@@H](c2ccc(Nc3nc(-c4c(F)cccc4F)nc4c3C(=O)NC4)cc2)C(O)N1. The Morgan fingerprint density at radius 3 is 2.39 bits per heavy atom. The third-order valence-electron chi connectivity index (χ3n) is 6.07. The summed E-state index contributed by atoms with van der Waals surface area (Å²) in [4.78, 5) is 20.9. The number of aromatic nitrogens is 2. The molecule has 2 atom stereocenters. The average Bonchev–Trinajstić information content (AvgIpc) is 3.26. The number of nitrogens with one attached hydrogen (secondary N) is 3.